The number of halogens is 1. The highest BCUT2D eigenvalue weighted by Crippen LogP contribution is 2.16. The van der Waals surface area contributed by atoms with E-state index in [0.717, 1.165) is 5.56 Å². The van der Waals surface area contributed by atoms with Gasteiger partial charge in [-0.25, -0.2) is 4.39 Å². The molecule has 0 aliphatic rings. The van der Waals surface area contributed by atoms with E-state index in [4.69, 9.17) is 15.3 Å². The minimum atomic E-state index is -0.557. The molecule has 2 rings (SSSR count). The lowest BCUT2D eigenvalue weighted by atomic mass is 10.2. The zero-order chi connectivity index (χ0) is 16.7. The highest BCUT2D eigenvalue weighted by atomic mass is 19.1. The van der Waals surface area contributed by atoms with Crippen LogP contribution in [0.2, 0.25) is 0 Å². The van der Waals surface area contributed by atoms with Gasteiger partial charge in [0.2, 0.25) is 5.91 Å². The number of carbonyl (C=O) groups is 1. The summed E-state index contributed by atoms with van der Waals surface area (Å²) in [4.78, 5) is 16.0. The average molecular weight is 318 g/mol. The highest BCUT2D eigenvalue weighted by Gasteiger charge is 2.07. The first-order chi connectivity index (χ1) is 11.1. The summed E-state index contributed by atoms with van der Waals surface area (Å²) in [5.74, 6) is -0.135. The van der Waals surface area contributed by atoms with Crippen molar-refractivity contribution in [1.82, 2.24) is 5.48 Å². The molecule has 0 aliphatic carbocycles. The number of primary amides is 1. The molecule has 0 radical (unpaired) electrons. The Morgan fingerprint density at radius 1 is 1.17 bits per heavy atom. The molecule has 0 saturated heterocycles. The largest absolute Gasteiger partial charge is 0.489 e. The minimum absolute atomic E-state index is 0.167. The number of hydrogen-bond donors (Lipinski definition) is 2. The van der Waals surface area contributed by atoms with Gasteiger partial charge in [0.15, 0.2) is 0 Å². The third-order valence-corrected chi connectivity index (χ3v) is 3.20. The molecule has 0 aromatic heterocycles. The number of carbonyl (C=O) groups excluding carboxylic acids is 1. The lowest BCUT2D eigenvalue weighted by Crippen LogP contribution is -2.38. The number of amides is 1. The number of ether oxygens (including phenoxy) is 1. The molecule has 2 aromatic carbocycles. The zero-order valence-electron chi connectivity index (χ0n) is 12.8. The van der Waals surface area contributed by atoms with Crippen molar-refractivity contribution < 1.29 is 18.8 Å². The van der Waals surface area contributed by atoms with Gasteiger partial charge in [0.05, 0.1) is 6.61 Å². The molecule has 1 amide bonds. The Morgan fingerprint density at radius 3 is 2.52 bits per heavy atom. The van der Waals surface area contributed by atoms with Crippen LogP contribution in [0.5, 0.6) is 5.75 Å². The van der Waals surface area contributed by atoms with Crippen LogP contribution in [0.4, 0.5) is 4.39 Å². The molecule has 0 spiro atoms. The van der Waals surface area contributed by atoms with Crippen LogP contribution in [0, 0.1) is 5.82 Å². The monoisotopic (exact) mass is 318 g/mol. The summed E-state index contributed by atoms with van der Waals surface area (Å²) in [5, 5.41) is 0. The molecule has 23 heavy (non-hydrogen) atoms. The van der Waals surface area contributed by atoms with Crippen LogP contribution in [-0.2, 0) is 22.8 Å². The second-order valence-electron chi connectivity index (χ2n) is 5.05. The Labute approximate surface area is 134 Å². The van der Waals surface area contributed by atoms with Crippen molar-refractivity contribution in [2.75, 3.05) is 0 Å². The molecule has 0 aliphatic heterocycles. The molecular formula is C17H19FN2O3. The fourth-order valence-electron chi connectivity index (χ4n) is 1.77. The van der Waals surface area contributed by atoms with Crippen LogP contribution < -0.4 is 16.0 Å². The summed E-state index contributed by atoms with van der Waals surface area (Å²) in [6.45, 7) is 2.06. The van der Waals surface area contributed by atoms with Gasteiger partial charge < -0.3 is 10.5 Å². The fourth-order valence-corrected chi connectivity index (χ4v) is 1.77. The lowest BCUT2D eigenvalue weighted by molar-refractivity contribution is -0.124. The smallest absolute Gasteiger partial charge is 0.236 e. The normalized spacial score (nSPS) is 11.9. The number of hydrogen-bond acceptors (Lipinski definition) is 4. The molecule has 5 nitrogen and oxygen atoms in total. The average Bonchev–Trinajstić information content (AvgIpc) is 2.55. The standard InChI is InChI=1S/C17H19FN2O3/c1-12(17(19)21)20-23-10-13-6-8-15(9-7-13)22-11-14-4-2-3-5-16(14)18/h2-9,12,20H,10-11H2,1H3,(H2,19,21). The lowest BCUT2D eigenvalue weighted by Gasteiger charge is -2.11. The van der Waals surface area contributed by atoms with Crippen LogP contribution in [0.3, 0.4) is 0 Å². The van der Waals surface area contributed by atoms with Crippen LogP contribution in [-0.4, -0.2) is 11.9 Å². The van der Waals surface area contributed by atoms with Gasteiger partial charge in [-0.05, 0) is 30.7 Å². The van der Waals surface area contributed by atoms with E-state index in [-0.39, 0.29) is 19.0 Å². The van der Waals surface area contributed by atoms with E-state index in [2.05, 4.69) is 5.48 Å². The summed E-state index contributed by atoms with van der Waals surface area (Å²) in [6, 6.07) is 13.1. The van der Waals surface area contributed by atoms with E-state index < -0.39 is 11.9 Å². The summed E-state index contributed by atoms with van der Waals surface area (Å²) in [7, 11) is 0. The molecule has 0 fully saturated rings. The SMILES string of the molecule is CC(NOCc1ccc(OCc2ccccc2F)cc1)C(N)=O. The quantitative estimate of drug-likeness (QED) is 0.733. The zero-order valence-corrected chi connectivity index (χ0v) is 12.8. The molecule has 0 bridgehead atoms. The van der Waals surface area contributed by atoms with Crippen molar-refractivity contribution in [2.45, 2.75) is 26.2 Å². The Bertz CT molecular complexity index is 647. The van der Waals surface area contributed by atoms with Crippen molar-refractivity contribution >= 4 is 5.91 Å². The van der Waals surface area contributed by atoms with Crippen LogP contribution >= 0.6 is 0 Å². The maximum absolute atomic E-state index is 13.5. The summed E-state index contributed by atoms with van der Waals surface area (Å²) in [6.07, 6.45) is 0. The number of rotatable bonds is 8. The molecule has 6 heteroatoms. The fraction of sp³-hybridized carbons (Fsp3) is 0.235. The Balaban J connectivity index is 1.80. The minimum Gasteiger partial charge on any atom is -0.489 e. The van der Waals surface area contributed by atoms with E-state index in [1.54, 1.807) is 37.3 Å². The van der Waals surface area contributed by atoms with Gasteiger partial charge >= 0.3 is 0 Å². The van der Waals surface area contributed by atoms with E-state index in [1.165, 1.54) is 6.07 Å². The Kier molecular flexibility index (Phi) is 6.08. The number of benzene rings is 2. The van der Waals surface area contributed by atoms with Gasteiger partial charge in [0.25, 0.3) is 0 Å². The third kappa shape index (κ3) is 5.36. The number of nitrogens with two attached hydrogens (primary N) is 1. The molecule has 3 N–H and O–H groups in total. The molecule has 122 valence electrons. The highest BCUT2D eigenvalue weighted by molar-refractivity contribution is 5.79. The summed E-state index contributed by atoms with van der Waals surface area (Å²) < 4.78 is 19.0. The second-order valence-corrected chi connectivity index (χ2v) is 5.05. The topological polar surface area (TPSA) is 73.6 Å². The Morgan fingerprint density at radius 2 is 1.87 bits per heavy atom. The van der Waals surface area contributed by atoms with Gasteiger partial charge in [-0.2, -0.15) is 5.48 Å². The van der Waals surface area contributed by atoms with E-state index >= 15 is 0 Å². The van der Waals surface area contributed by atoms with Crippen LogP contribution in [0.1, 0.15) is 18.1 Å². The van der Waals surface area contributed by atoms with Crippen molar-refractivity contribution in [1.29, 1.82) is 0 Å². The molecule has 1 atom stereocenters. The maximum Gasteiger partial charge on any atom is 0.236 e. The second kappa shape index (κ2) is 8.26. The maximum atomic E-state index is 13.5. The molecular weight excluding hydrogens is 299 g/mol. The summed E-state index contributed by atoms with van der Waals surface area (Å²) >= 11 is 0. The first-order valence-electron chi connectivity index (χ1n) is 7.18. The van der Waals surface area contributed by atoms with Crippen molar-refractivity contribution in [3.8, 4) is 5.75 Å². The number of nitrogens with one attached hydrogen (secondary N) is 1. The van der Waals surface area contributed by atoms with Crippen molar-refractivity contribution in [3.05, 3.63) is 65.5 Å². The predicted molar refractivity (Wildman–Crippen MR) is 83.8 cm³/mol. The van der Waals surface area contributed by atoms with Gasteiger partial charge in [-0.15, -0.1) is 0 Å². The first kappa shape index (κ1) is 16.9. The Hall–Kier alpha value is -2.44. The number of hydroxylamine groups is 1. The van der Waals surface area contributed by atoms with E-state index in [0.29, 0.717) is 11.3 Å². The van der Waals surface area contributed by atoms with Crippen LogP contribution in [0.25, 0.3) is 0 Å². The van der Waals surface area contributed by atoms with Crippen molar-refractivity contribution in [3.63, 3.8) is 0 Å². The first-order valence-corrected chi connectivity index (χ1v) is 7.18. The van der Waals surface area contributed by atoms with Crippen molar-refractivity contribution in [2.24, 2.45) is 5.73 Å². The summed E-state index contributed by atoms with van der Waals surface area (Å²) in [5.41, 5.74) is 9.05. The van der Waals surface area contributed by atoms with Gasteiger partial charge in [0, 0.05) is 5.56 Å². The third-order valence-electron chi connectivity index (χ3n) is 3.20. The van der Waals surface area contributed by atoms with Gasteiger partial charge in [-0.1, -0.05) is 30.3 Å². The molecule has 0 saturated carbocycles. The molecule has 0 heterocycles. The van der Waals surface area contributed by atoms with Gasteiger partial charge in [-0.3, -0.25) is 9.63 Å². The molecule has 1 unspecified atom stereocenters. The van der Waals surface area contributed by atoms with E-state index in [9.17, 15) is 9.18 Å². The molecule has 2 aromatic rings. The van der Waals surface area contributed by atoms with Crippen LogP contribution in [0.15, 0.2) is 48.5 Å². The van der Waals surface area contributed by atoms with Gasteiger partial charge in [0.1, 0.15) is 24.2 Å². The predicted octanol–water partition coefficient (Wildman–Crippen LogP) is 2.30. The van der Waals surface area contributed by atoms with E-state index in [1.807, 2.05) is 12.1 Å².